The van der Waals surface area contributed by atoms with Crippen LogP contribution in [0.2, 0.25) is 0 Å². The quantitative estimate of drug-likeness (QED) is 0.604. The molecule has 1 N–H and O–H groups in total. The Kier molecular flexibility index (Phi) is 2.92. The zero-order valence-corrected chi connectivity index (χ0v) is 7.83. The molecule has 0 aromatic heterocycles. The first-order valence-electron chi connectivity index (χ1n) is 3.85. The van der Waals surface area contributed by atoms with E-state index in [1.807, 2.05) is 0 Å². The van der Waals surface area contributed by atoms with E-state index >= 15 is 0 Å². The van der Waals surface area contributed by atoms with Gasteiger partial charge in [0.15, 0.2) is 9.84 Å². The minimum absolute atomic E-state index is 0.108. The molecule has 0 radical (unpaired) electrons. The summed E-state index contributed by atoms with van der Waals surface area (Å²) < 4.78 is 21.9. The monoisotopic (exact) mass is 205 g/mol. The summed E-state index contributed by atoms with van der Waals surface area (Å²) >= 11 is 0. The predicted molar refractivity (Wildman–Crippen MR) is 47.0 cm³/mol. The van der Waals surface area contributed by atoms with Crippen LogP contribution in [0.3, 0.4) is 0 Å². The highest BCUT2D eigenvalue weighted by atomic mass is 32.2. The van der Waals surface area contributed by atoms with Gasteiger partial charge >= 0.3 is 5.97 Å². The molecule has 0 aliphatic carbocycles. The number of carboxylic acid groups (broad SMARTS) is 1. The maximum atomic E-state index is 11.0. The molecule has 0 bridgehead atoms. The van der Waals surface area contributed by atoms with Crippen molar-refractivity contribution in [2.45, 2.75) is 0 Å². The van der Waals surface area contributed by atoms with Gasteiger partial charge in [-0.1, -0.05) is 0 Å². The largest absolute Gasteiger partial charge is 0.478 e. The van der Waals surface area contributed by atoms with Gasteiger partial charge in [0.1, 0.15) is 0 Å². The van der Waals surface area contributed by atoms with Crippen molar-refractivity contribution in [1.82, 2.24) is 4.90 Å². The van der Waals surface area contributed by atoms with Crippen molar-refractivity contribution >= 4 is 15.8 Å². The summed E-state index contributed by atoms with van der Waals surface area (Å²) in [5.74, 6) is -0.804. The minimum Gasteiger partial charge on any atom is -0.478 e. The highest BCUT2D eigenvalue weighted by molar-refractivity contribution is 7.91. The normalized spacial score (nSPS) is 22.0. The van der Waals surface area contributed by atoms with E-state index in [0.717, 1.165) is 6.08 Å². The molecule has 0 aromatic carbocycles. The molecule has 74 valence electrons. The molecule has 1 saturated heterocycles. The van der Waals surface area contributed by atoms with Gasteiger partial charge in [0.25, 0.3) is 0 Å². The molecule has 1 aliphatic rings. The van der Waals surface area contributed by atoms with Crippen molar-refractivity contribution < 1.29 is 18.3 Å². The fourth-order valence-corrected chi connectivity index (χ4v) is 2.27. The molecule has 1 rings (SSSR count). The molecule has 5 nitrogen and oxygen atoms in total. The van der Waals surface area contributed by atoms with Gasteiger partial charge in [-0.05, 0) is 0 Å². The molecule has 1 fully saturated rings. The number of hydrogen-bond acceptors (Lipinski definition) is 4. The van der Waals surface area contributed by atoms with Crippen LogP contribution in [0.25, 0.3) is 0 Å². The smallest absolute Gasteiger partial charge is 0.329 e. The van der Waals surface area contributed by atoms with Crippen molar-refractivity contribution in [2.75, 3.05) is 24.6 Å². The molecule has 0 aromatic rings. The highest BCUT2D eigenvalue weighted by Crippen LogP contribution is 2.03. The third-order valence-electron chi connectivity index (χ3n) is 1.81. The van der Waals surface area contributed by atoms with Gasteiger partial charge in [0.2, 0.25) is 0 Å². The van der Waals surface area contributed by atoms with Gasteiger partial charge in [0, 0.05) is 25.4 Å². The second kappa shape index (κ2) is 3.78. The Morgan fingerprint density at radius 1 is 1.31 bits per heavy atom. The lowest BCUT2D eigenvalue weighted by molar-refractivity contribution is -0.131. The predicted octanol–water partition coefficient (Wildman–Crippen LogP) is -0.685. The molecule has 0 unspecified atom stereocenters. The molecular formula is C7H11NO4S. The molecule has 0 saturated carbocycles. The average Bonchev–Trinajstić information content (AvgIpc) is 2.02. The van der Waals surface area contributed by atoms with Crippen molar-refractivity contribution in [2.24, 2.45) is 0 Å². The van der Waals surface area contributed by atoms with Crippen LogP contribution in [0.5, 0.6) is 0 Å². The number of hydrogen-bond donors (Lipinski definition) is 1. The molecule has 0 spiro atoms. The van der Waals surface area contributed by atoms with E-state index in [1.165, 1.54) is 6.20 Å². The zero-order chi connectivity index (χ0) is 9.90. The van der Waals surface area contributed by atoms with Crippen LogP contribution in [0.4, 0.5) is 0 Å². The summed E-state index contributed by atoms with van der Waals surface area (Å²) in [4.78, 5) is 11.8. The van der Waals surface area contributed by atoms with Gasteiger partial charge in [-0.2, -0.15) is 0 Å². The number of rotatable bonds is 2. The first-order valence-corrected chi connectivity index (χ1v) is 5.67. The second-order valence-corrected chi connectivity index (χ2v) is 5.15. The van der Waals surface area contributed by atoms with E-state index in [2.05, 4.69) is 0 Å². The summed E-state index contributed by atoms with van der Waals surface area (Å²) in [7, 11) is -2.88. The van der Waals surface area contributed by atoms with Crippen LogP contribution in [0.15, 0.2) is 12.3 Å². The van der Waals surface area contributed by atoms with Crippen LogP contribution in [0, 0.1) is 0 Å². The topological polar surface area (TPSA) is 74.7 Å². The van der Waals surface area contributed by atoms with E-state index in [1.54, 1.807) is 4.90 Å². The molecule has 1 aliphatic heterocycles. The van der Waals surface area contributed by atoms with Gasteiger partial charge < -0.3 is 10.0 Å². The molecule has 6 heteroatoms. The number of nitrogens with zero attached hydrogens (tertiary/aromatic N) is 1. The van der Waals surface area contributed by atoms with Crippen LogP contribution in [-0.4, -0.2) is 49.0 Å². The summed E-state index contributed by atoms with van der Waals surface area (Å²) in [6.45, 7) is 0.762. The summed E-state index contributed by atoms with van der Waals surface area (Å²) in [5.41, 5.74) is 0. The molecule has 13 heavy (non-hydrogen) atoms. The van der Waals surface area contributed by atoms with E-state index < -0.39 is 15.8 Å². The highest BCUT2D eigenvalue weighted by Gasteiger charge is 2.19. The fourth-order valence-electron chi connectivity index (χ4n) is 1.04. The number of carbonyl (C=O) groups is 1. The van der Waals surface area contributed by atoms with Gasteiger partial charge in [0.05, 0.1) is 11.5 Å². The van der Waals surface area contributed by atoms with Crippen molar-refractivity contribution in [3.63, 3.8) is 0 Å². The van der Waals surface area contributed by atoms with Crippen molar-refractivity contribution in [3.8, 4) is 0 Å². The molecule has 1 heterocycles. The molecule has 0 atom stereocenters. The average molecular weight is 205 g/mol. The Bertz CT molecular complexity index is 305. The number of aliphatic carboxylic acids is 1. The van der Waals surface area contributed by atoms with Gasteiger partial charge in [-0.25, -0.2) is 13.2 Å². The summed E-state index contributed by atoms with van der Waals surface area (Å²) in [6.07, 6.45) is 2.43. The molecular weight excluding hydrogens is 194 g/mol. The lowest BCUT2D eigenvalue weighted by atomic mass is 10.5. The van der Waals surface area contributed by atoms with E-state index in [4.69, 9.17) is 5.11 Å². The first-order chi connectivity index (χ1) is 5.99. The van der Waals surface area contributed by atoms with E-state index in [-0.39, 0.29) is 11.5 Å². The Hall–Kier alpha value is -1.04. The maximum Gasteiger partial charge on any atom is 0.329 e. The van der Waals surface area contributed by atoms with Crippen LogP contribution in [0.1, 0.15) is 0 Å². The first kappa shape index (κ1) is 10.0. The Morgan fingerprint density at radius 3 is 2.31 bits per heavy atom. The number of sulfone groups is 1. The van der Waals surface area contributed by atoms with Crippen LogP contribution >= 0.6 is 0 Å². The Balaban J connectivity index is 2.46. The lowest BCUT2D eigenvalue weighted by Crippen LogP contribution is -2.36. The SMILES string of the molecule is O=C(O)/C=C/N1CCS(=O)(=O)CC1. The zero-order valence-electron chi connectivity index (χ0n) is 7.01. The maximum absolute atomic E-state index is 11.0. The van der Waals surface area contributed by atoms with E-state index in [9.17, 15) is 13.2 Å². The summed E-state index contributed by atoms with van der Waals surface area (Å²) in [5, 5.41) is 8.32. The van der Waals surface area contributed by atoms with Crippen LogP contribution < -0.4 is 0 Å². The third kappa shape index (κ3) is 3.45. The molecule has 0 amide bonds. The van der Waals surface area contributed by atoms with Gasteiger partial charge in [-0.3, -0.25) is 0 Å². The lowest BCUT2D eigenvalue weighted by Gasteiger charge is -2.24. The van der Waals surface area contributed by atoms with Crippen LogP contribution in [-0.2, 0) is 14.6 Å². The van der Waals surface area contributed by atoms with E-state index in [0.29, 0.717) is 13.1 Å². The number of carboxylic acids is 1. The minimum atomic E-state index is -2.88. The third-order valence-corrected chi connectivity index (χ3v) is 3.42. The van der Waals surface area contributed by atoms with Gasteiger partial charge in [-0.15, -0.1) is 0 Å². The fraction of sp³-hybridized carbons (Fsp3) is 0.571. The summed E-state index contributed by atoms with van der Waals surface area (Å²) in [6, 6.07) is 0. The van der Waals surface area contributed by atoms with Crippen molar-refractivity contribution in [1.29, 1.82) is 0 Å². The Labute approximate surface area is 76.6 Å². The second-order valence-electron chi connectivity index (χ2n) is 2.84. The van der Waals surface area contributed by atoms with Crippen molar-refractivity contribution in [3.05, 3.63) is 12.3 Å². The standard InChI is InChI=1S/C7H11NO4S/c9-7(10)1-2-8-3-5-13(11,12)6-4-8/h1-2H,3-6H2,(H,9,10)/b2-1+. The Morgan fingerprint density at radius 2 is 1.85 bits per heavy atom.